The minimum Gasteiger partial charge on any atom is -0.397 e. The summed E-state index contributed by atoms with van der Waals surface area (Å²) in [7, 11) is 0. The van der Waals surface area contributed by atoms with Crippen molar-refractivity contribution in [2.75, 3.05) is 5.73 Å². The molecule has 21 heavy (non-hydrogen) atoms. The van der Waals surface area contributed by atoms with Crippen LogP contribution in [-0.2, 0) is 6.18 Å². The average molecular weight is 291 g/mol. The molecule has 0 saturated heterocycles. The minimum absolute atomic E-state index is 0.0660. The topological polar surface area (TPSA) is 54.7 Å². The van der Waals surface area contributed by atoms with Gasteiger partial charge in [0.2, 0.25) is 0 Å². The van der Waals surface area contributed by atoms with E-state index in [1.54, 1.807) is 25.1 Å². The summed E-state index contributed by atoms with van der Waals surface area (Å²) < 4.78 is 39.0. The number of halogens is 3. The van der Waals surface area contributed by atoms with Gasteiger partial charge in [0, 0.05) is 17.1 Å². The molecule has 0 atom stereocenters. The Hall–Kier alpha value is -2.50. The first-order valence-electron chi connectivity index (χ1n) is 6.28. The molecule has 108 valence electrons. The smallest absolute Gasteiger partial charge is 0.397 e. The molecule has 2 heterocycles. The van der Waals surface area contributed by atoms with E-state index in [0.717, 1.165) is 6.07 Å². The molecule has 6 heteroatoms. The number of anilines is 1. The van der Waals surface area contributed by atoms with Gasteiger partial charge in [-0.15, -0.1) is 0 Å². The first-order valence-corrected chi connectivity index (χ1v) is 6.28. The molecule has 3 aromatic rings. The SMILES string of the molecule is Cc1nc(-c2c[nH]c3c(C(F)(F)F)cccc23)ccc1N. The maximum Gasteiger partial charge on any atom is 0.418 e. The van der Waals surface area contributed by atoms with Crippen LogP contribution in [0.15, 0.2) is 36.5 Å². The van der Waals surface area contributed by atoms with Crippen LogP contribution in [-0.4, -0.2) is 9.97 Å². The van der Waals surface area contributed by atoms with Crippen LogP contribution in [0, 0.1) is 6.92 Å². The van der Waals surface area contributed by atoms with Gasteiger partial charge < -0.3 is 10.7 Å². The number of hydrogen-bond donors (Lipinski definition) is 2. The Morgan fingerprint density at radius 3 is 2.57 bits per heavy atom. The van der Waals surface area contributed by atoms with E-state index in [1.165, 1.54) is 12.3 Å². The summed E-state index contributed by atoms with van der Waals surface area (Å²) in [5.41, 5.74) is 7.51. The first-order chi connectivity index (χ1) is 9.88. The fourth-order valence-electron chi connectivity index (χ4n) is 2.32. The first kappa shape index (κ1) is 13.5. The number of nitrogen functional groups attached to an aromatic ring is 1. The van der Waals surface area contributed by atoms with Gasteiger partial charge in [-0.2, -0.15) is 13.2 Å². The van der Waals surface area contributed by atoms with Crippen LogP contribution in [0.25, 0.3) is 22.2 Å². The third-order valence-electron chi connectivity index (χ3n) is 3.42. The van der Waals surface area contributed by atoms with E-state index >= 15 is 0 Å². The van der Waals surface area contributed by atoms with E-state index in [1.807, 2.05) is 0 Å². The summed E-state index contributed by atoms with van der Waals surface area (Å²) in [5, 5.41) is 0.487. The number of nitrogens with zero attached hydrogens (tertiary/aromatic N) is 1. The van der Waals surface area contributed by atoms with Gasteiger partial charge in [0.15, 0.2) is 0 Å². The van der Waals surface area contributed by atoms with Gasteiger partial charge in [-0.05, 0) is 25.1 Å². The lowest BCUT2D eigenvalue weighted by Crippen LogP contribution is -2.05. The minimum atomic E-state index is -4.40. The van der Waals surface area contributed by atoms with Gasteiger partial charge in [0.05, 0.1) is 28.2 Å². The van der Waals surface area contributed by atoms with Crippen molar-refractivity contribution >= 4 is 16.6 Å². The molecule has 1 aromatic carbocycles. The van der Waals surface area contributed by atoms with Crippen molar-refractivity contribution in [1.29, 1.82) is 0 Å². The number of alkyl halides is 3. The molecule has 0 radical (unpaired) electrons. The van der Waals surface area contributed by atoms with Gasteiger partial charge in [-0.25, -0.2) is 0 Å². The molecule has 0 fully saturated rings. The zero-order valence-corrected chi connectivity index (χ0v) is 11.1. The quantitative estimate of drug-likeness (QED) is 0.708. The van der Waals surface area contributed by atoms with E-state index in [9.17, 15) is 13.2 Å². The highest BCUT2D eigenvalue weighted by Gasteiger charge is 2.33. The second-order valence-corrected chi connectivity index (χ2v) is 4.80. The number of pyridine rings is 1. The Bertz CT molecular complexity index is 819. The van der Waals surface area contributed by atoms with Crippen molar-refractivity contribution in [3.05, 3.63) is 47.8 Å². The van der Waals surface area contributed by atoms with Gasteiger partial charge in [0.1, 0.15) is 0 Å². The van der Waals surface area contributed by atoms with Crippen LogP contribution in [0.3, 0.4) is 0 Å². The second kappa shape index (κ2) is 4.51. The van der Waals surface area contributed by atoms with Crippen molar-refractivity contribution in [2.24, 2.45) is 0 Å². The highest BCUT2D eigenvalue weighted by atomic mass is 19.4. The van der Waals surface area contributed by atoms with E-state index in [4.69, 9.17) is 5.73 Å². The third kappa shape index (κ3) is 2.22. The predicted molar refractivity (Wildman–Crippen MR) is 75.7 cm³/mol. The zero-order chi connectivity index (χ0) is 15.2. The maximum absolute atomic E-state index is 13.0. The summed E-state index contributed by atoms with van der Waals surface area (Å²) in [4.78, 5) is 7.04. The fraction of sp³-hybridized carbons (Fsp3) is 0.133. The lowest BCUT2D eigenvalue weighted by molar-refractivity contribution is -0.136. The monoisotopic (exact) mass is 291 g/mol. The summed E-state index contributed by atoms with van der Waals surface area (Å²) >= 11 is 0. The number of nitrogens with one attached hydrogen (secondary N) is 1. The second-order valence-electron chi connectivity index (χ2n) is 4.80. The van der Waals surface area contributed by atoms with E-state index < -0.39 is 11.7 Å². The largest absolute Gasteiger partial charge is 0.418 e. The molecule has 0 amide bonds. The molecule has 2 aromatic heterocycles. The molecule has 0 bridgehead atoms. The Morgan fingerprint density at radius 2 is 1.90 bits per heavy atom. The van der Waals surface area contributed by atoms with Crippen LogP contribution in [0.2, 0.25) is 0 Å². The standard InChI is InChI=1S/C15H12F3N3/c1-8-12(19)5-6-13(21-8)10-7-20-14-9(10)3-2-4-11(14)15(16,17)18/h2-7,20H,19H2,1H3. The number of para-hydroxylation sites is 1. The van der Waals surface area contributed by atoms with Crippen LogP contribution in [0.4, 0.5) is 18.9 Å². The normalized spacial score (nSPS) is 12.0. The number of fused-ring (bicyclic) bond motifs is 1. The molecule has 3 rings (SSSR count). The molecule has 0 aliphatic rings. The summed E-state index contributed by atoms with van der Waals surface area (Å²) in [6.07, 6.45) is -2.86. The summed E-state index contributed by atoms with van der Waals surface area (Å²) in [6.45, 7) is 1.76. The Morgan fingerprint density at radius 1 is 1.14 bits per heavy atom. The Kier molecular flexibility index (Phi) is 2.90. The lowest BCUT2D eigenvalue weighted by atomic mass is 10.1. The molecule has 0 aliphatic carbocycles. The number of H-pyrrole nitrogens is 1. The van der Waals surface area contributed by atoms with E-state index in [-0.39, 0.29) is 5.52 Å². The molecule has 3 nitrogen and oxygen atoms in total. The third-order valence-corrected chi connectivity index (χ3v) is 3.42. The zero-order valence-electron chi connectivity index (χ0n) is 11.1. The molecule has 0 unspecified atom stereocenters. The maximum atomic E-state index is 13.0. The van der Waals surface area contributed by atoms with E-state index in [2.05, 4.69) is 9.97 Å². The highest BCUT2D eigenvalue weighted by Crippen LogP contribution is 2.37. The highest BCUT2D eigenvalue weighted by molar-refractivity contribution is 5.96. The number of nitrogens with two attached hydrogens (primary N) is 1. The van der Waals surface area contributed by atoms with Crippen molar-refractivity contribution in [1.82, 2.24) is 9.97 Å². The average Bonchev–Trinajstić information content (AvgIpc) is 2.84. The van der Waals surface area contributed by atoms with Crippen molar-refractivity contribution < 1.29 is 13.2 Å². The van der Waals surface area contributed by atoms with Crippen LogP contribution in [0.1, 0.15) is 11.3 Å². The van der Waals surface area contributed by atoms with Crippen molar-refractivity contribution in [3.63, 3.8) is 0 Å². The van der Waals surface area contributed by atoms with Crippen LogP contribution < -0.4 is 5.73 Å². The molecular formula is C15H12F3N3. The summed E-state index contributed by atoms with van der Waals surface area (Å²) in [5.74, 6) is 0. The number of hydrogen-bond acceptors (Lipinski definition) is 2. The molecule has 0 aliphatic heterocycles. The van der Waals surface area contributed by atoms with Gasteiger partial charge >= 0.3 is 6.18 Å². The molecule has 3 N–H and O–H groups in total. The van der Waals surface area contributed by atoms with Gasteiger partial charge in [-0.1, -0.05) is 12.1 Å². The number of aromatic nitrogens is 2. The molecule has 0 saturated carbocycles. The summed E-state index contributed by atoms with van der Waals surface area (Å²) in [6, 6.07) is 7.50. The number of benzene rings is 1. The molecule has 0 spiro atoms. The Balaban J connectivity index is 2.23. The molecular weight excluding hydrogens is 279 g/mol. The fourth-order valence-corrected chi connectivity index (χ4v) is 2.32. The van der Waals surface area contributed by atoms with Gasteiger partial charge in [-0.3, -0.25) is 4.98 Å². The Labute approximate surface area is 118 Å². The van der Waals surface area contributed by atoms with Gasteiger partial charge in [0.25, 0.3) is 0 Å². The number of rotatable bonds is 1. The van der Waals surface area contributed by atoms with Crippen molar-refractivity contribution in [3.8, 4) is 11.3 Å². The van der Waals surface area contributed by atoms with E-state index in [0.29, 0.717) is 28.0 Å². The van der Waals surface area contributed by atoms with Crippen molar-refractivity contribution in [2.45, 2.75) is 13.1 Å². The number of aromatic amines is 1. The number of aryl methyl sites for hydroxylation is 1. The lowest BCUT2D eigenvalue weighted by Gasteiger charge is -2.08. The van der Waals surface area contributed by atoms with Crippen LogP contribution in [0.5, 0.6) is 0 Å². The predicted octanol–water partition coefficient (Wildman–Crippen LogP) is 4.14. The van der Waals surface area contributed by atoms with Crippen LogP contribution >= 0.6 is 0 Å².